The summed E-state index contributed by atoms with van der Waals surface area (Å²) in [6.07, 6.45) is 1.66. The number of benzene rings is 2. The molecule has 1 amide bonds. The number of nitrogens with two attached hydrogens (primary N) is 1. The third-order valence-corrected chi connectivity index (χ3v) is 6.76. The molecule has 2 atom stereocenters. The molecule has 4 rings (SSSR count). The molecule has 2 aromatic carbocycles. The number of carbonyl (C=O) groups excluding carboxylic acids is 1. The Morgan fingerprint density at radius 3 is 2.53 bits per heavy atom. The summed E-state index contributed by atoms with van der Waals surface area (Å²) < 4.78 is 20.4. The normalized spacial score (nSPS) is 24.3. The second kappa shape index (κ2) is 7.67. The van der Waals surface area contributed by atoms with Crippen molar-refractivity contribution in [2.75, 3.05) is 26.2 Å². The molecule has 0 bridgehead atoms. The van der Waals surface area contributed by atoms with Crippen LogP contribution in [0, 0.1) is 22.6 Å². The van der Waals surface area contributed by atoms with Crippen LogP contribution < -0.4 is 10.5 Å². The number of nitrogens with zero attached hydrogens (tertiary/aromatic N) is 1. The second-order valence-corrected chi connectivity index (χ2v) is 9.35. The number of halogens is 1. The smallest absolute Gasteiger partial charge is 0.256 e. The minimum absolute atomic E-state index is 0.000511. The molecule has 1 saturated heterocycles. The Balaban J connectivity index is 1.51. The second-order valence-electron chi connectivity index (χ2n) is 9.35. The molecule has 160 valence electrons. The van der Waals surface area contributed by atoms with Crippen molar-refractivity contribution >= 4 is 5.91 Å². The van der Waals surface area contributed by atoms with Crippen LogP contribution in [-0.2, 0) is 6.42 Å². The Labute approximate surface area is 176 Å². The van der Waals surface area contributed by atoms with E-state index in [-0.39, 0.29) is 34.8 Å². The molecule has 3 N–H and O–H groups in total. The van der Waals surface area contributed by atoms with Crippen molar-refractivity contribution in [3.63, 3.8) is 0 Å². The lowest BCUT2D eigenvalue weighted by molar-refractivity contribution is -0.0977. The lowest BCUT2D eigenvalue weighted by atomic mass is 9.48. The molecule has 0 aromatic heterocycles. The zero-order valence-corrected chi connectivity index (χ0v) is 17.5. The van der Waals surface area contributed by atoms with Gasteiger partial charge in [0.2, 0.25) is 0 Å². The van der Waals surface area contributed by atoms with Crippen molar-refractivity contribution < 1.29 is 19.0 Å². The van der Waals surface area contributed by atoms with Gasteiger partial charge in [0.15, 0.2) is 0 Å². The molecular formula is C24H29FN2O3. The van der Waals surface area contributed by atoms with Crippen LogP contribution in [0.25, 0.3) is 0 Å². The molecule has 0 spiro atoms. The fourth-order valence-electron chi connectivity index (χ4n) is 5.42. The van der Waals surface area contributed by atoms with Crippen molar-refractivity contribution in [3.8, 4) is 11.5 Å². The quantitative estimate of drug-likeness (QED) is 0.760. The van der Waals surface area contributed by atoms with Crippen molar-refractivity contribution in [1.29, 1.82) is 0 Å². The Morgan fingerprint density at radius 2 is 1.93 bits per heavy atom. The summed E-state index contributed by atoms with van der Waals surface area (Å²) >= 11 is 0. The summed E-state index contributed by atoms with van der Waals surface area (Å²) in [6, 6.07) is 11.8. The van der Waals surface area contributed by atoms with E-state index in [1.165, 1.54) is 18.2 Å². The standard InChI is InChI=1S/C24H29FN2O3/c1-23(2)13-24(15-28)14-27(12-21(23)24)22(29)19-11-18(7-8-20(19)25)30-17-5-3-16(4-6-17)9-10-26/h3-8,11,21,28H,9-10,12-15,26H2,1-2H3/t21-,24-/m1/s1. The molecular weight excluding hydrogens is 383 g/mol. The van der Waals surface area contributed by atoms with Gasteiger partial charge in [0, 0.05) is 18.5 Å². The third-order valence-electron chi connectivity index (χ3n) is 6.76. The van der Waals surface area contributed by atoms with E-state index in [0.29, 0.717) is 31.1 Å². The Hall–Kier alpha value is -2.44. The first-order valence-corrected chi connectivity index (χ1v) is 10.4. The first-order valence-electron chi connectivity index (χ1n) is 10.4. The van der Waals surface area contributed by atoms with Crippen molar-refractivity contribution in [1.82, 2.24) is 4.90 Å². The highest BCUT2D eigenvalue weighted by Gasteiger charge is 2.63. The number of hydrogen-bond donors (Lipinski definition) is 2. The van der Waals surface area contributed by atoms with Gasteiger partial charge in [-0.05, 0) is 66.6 Å². The summed E-state index contributed by atoms with van der Waals surface area (Å²) in [4.78, 5) is 14.8. The van der Waals surface area contributed by atoms with Gasteiger partial charge in [0.25, 0.3) is 5.91 Å². The lowest BCUT2D eigenvalue weighted by Crippen LogP contribution is -2.54. The number of likely N-dealkylation sites (tertiary alicyclic amines) is 1. The average Bonchev–Trinajstić information content (AvgIpc) is 3.06. The fraction of sp³-hybridized carbons (Fsp3) is 0.458. The Kier molecular flexibility index (Phi) is 5.32. The largest absolute Gasteiger partial charge is 0.457 e. The highest BCUT2D eigenvalue weighted by Crippen LogP contribution is 2.62. The number of ether oxygens (including phenoxy) is 1. The number of aliphatic hydroxyl groups is 1. The summed E-state index contributed by atoms with van der Waals surface area (Å²) in [5, 5.41) is 9.93. The van der Waals surface area contributed by atoms with Crippen LogP contribution in [0.5, 0.6) is 11.5 Å². The highest BCUT2D eigenvalue weighted by molar-refractivity contribution is 5.95. The number of aliphatic hydroxyl groups excluding tert-OH is 1. The molecule has 5 nitrogen and oxygen atoms in total. The molecule has 30 heavy (non-hydrogen) atoms. The van der Waals surface area contributed by atoms with E-state index in [1.54, 1.807) is 4.90 Å². The summed E-state index contributed by atoms with van der Waals surface area (Å²) in [5.74, 6) is 0.330. The zero-order chi connectivity index (χ0) is 21.5. The maximum Gasteiger partial charge on any atom is 0.256 e. The highest BCUT2D eigenvalue weighted by atomic mass is 19.1. The van der Waals surface area contributed by atoms with E-state index < -0.39 is 5.82 Å². The molecule has 0 unspecified atom stereocenters. The van der Waals surface area contributed by atoms with Gasteiger partial charge in [-0.15, -0.1) is 0 Å². The van der Waals surface area contributed by atoms with Crippen molar-refractivity contribution in [2.45, 2.75) is 26.7 Å². The van der Waals surface area contributed by atoms with E-state index >= 15 is 0 Å². The molecule has 1 saturated carbocycles. The van der Waals surface area contributed by atoms with Crippen LogP contribution in [0.3, 0.4) is 0 Å². The first-order chi connectivity index (χ1) is 14.3. The van der Waals surface area contributed by atoms with Gasteiger partial charge in [-0.25, -0.2) is 4.39 Å². The number of fused-ring (bicyclic) bond motifs is 1. The lowest BCUT2D eigenvalue weighted by Gasteiger charge is -2.55. The summed E-state index contributed by atoms with van der Waals surface area (Å²) in [5.41, 5.74) is 6.51. The third kappa shape index (κ3) is 3.59. The molecule has 2 fully saturated rings. The van der Waals surface area contributed by atoms with Crippen LogP contribution in [0.2, 0.25) is 0 Å². The van der Waals surface area contributed by atoms with Gasteiger partial charge in [0.1, 0.15) is 17.3 Å². The van der Waals surface area contributed by atoms with E-state index in [9.17, 15) is 14.3 Å². The average molecular weight is 413 g/mol. The predicted molar refractivity (Wildman–Crippen MR) is 113 cm³/mol. The Bertz CT molecular complexity index is 944. The van der Waals surface area contributed by atoms with Crippen LogP contribution in [0.1, 0.15) is 36.2 Å². The van der Waals surface area contributed by atoms with Crippen LogP contribution in [0.4, 0.5) is 4.39 Å². The monoisotopic (exact) mass is 412 g/mol. The van der Waals surface area contributed by atoms with E-state index in [4.69, 9.17) is 10.5 Å². The Morgan fingerprint density at radius 1 is 1.23 bits per heavy atom. The van der Waals surface area contributed by atoms with Crippen LogP contribution >= 0.6 is 0 Å². The molecule has 1 aliphatic heterocycles. The molecule has 6 heteroatoms. The summed E-state index contributed by atoms with van der Waals surface area (Å²) in [7, 11) is 0. The zero-order valence-electron chi connectivity index (χ0n) is 17.5. The van der Waals surface area contributed by atoms with E-state index in [2.05, 4.69) is 13.8 Å². The number of rotatable bonds is 6. The SMILES string of the molecule is CC1(C)C[C@]2(CO)CN(C(=O)c3cc(Oc4ccc(CCN)cc4)ccc3F)C[C@H]12. The number of amides is 1. The van der Waals surface area contributed by atoms with Gasteiger partial charge < -0.3 is 20.5 Å². The van der Waals surface area contributed by atoms with Gasteiger partial charge in [0.05, 0.1) is 12.2 Å². The molecule has 1 aliphatic carbocycles. The first kappa shape index (κ1) is 20.8. The number of hydrogen-bond acceptors (Lipinski definition) is 4. The fourth-order valence-corrected chi connectivity index (χ4v) is 5.42. The van der Waals surface area contributed by atoms with Gasteiger partial charge in [-0.3, -0.25) is 4.79 Å². The number of carbonyl (C=O) groups is 1. The van der Waals surface area contributed by atoms with Crippen molar-refractivity contribution in [2.24, 2.45) is 22.5 Å². The molecule has 2 aliphatic rings. The predicted octanol–water partition coefficient (Wildman–Crippen LogP) is 3.60. The topological polar surface area (TPSA) is 75.8 Å². The van der Waals surface area contributed by atoms with E-state index in [0.717, 1.165) is 18.4 Å². The minimum Gasteiger partial charge on any atom is -0.457 e. The van der Waals surface area contributed by atoms with Crippen LogP contribution in [-0.4, -0.2) is 42.2 Å². The van der Waals surface area contributed by atoms with Crippen molar-refractivity contribution in [3.05, 3.63) is 59.4 Å². The van der Waals surface area contributed by atoms with Crippen LogP contribution in [0.15, 0.2) is 42.5 Å². The summed E-state index contributed by atoms with van der Waals surface area (Å²) in [6.45, 7) is 5.95. The maximum absolute atomic E-state index is 14.5. The molecule has 0 radical (unpaired) electrons. The molecule has 2 aromatic rings. The van der Waals surface area contributed by atoms with Gasteiger partial charge >= 0.3 is 0 Å². The molecule has 1 heterocycles. The van der Waals surface area contributed by atoms with Gasteiger partial charge in [-0.1, -0.05) is 26.0 Å². The maximum atomic E-state index is 14.5. The van der Waals surface area contributed by atoms with Gasteiger partial charge in [-0.2, -0.15) is 0 Å². The minimum atomic E-state index is -0.567. The van der Waals surface area contributed by atoms with E-state index in [1.807, 2.05) is 24.3 Å².